The molecule has 2 atom stereocenters. The molecule has 0 aromatic carbocycles. The number of thiophene rings is 1. The average molecular weight is 348 g/mol. The van der Waals surface area contributed by atoms with Crippen LogP contribution in [0.15, 0.2) is 12.1 Å². The van der Waals surface area contributed by atoms with Crippen molar-refractivity contribution in [2.75, 3.05) is 6.61 Å². The monoisotopic (exact) mass is 348 g/mol. The molecule has 0 radical (unpaired) electrons. The lowest BCUT2D eigenvalue weighted by Crippen LogP contribution is -2.56. The number of hydrogen-bond acceptors (Lipinski definition) is 5. The third kappa shape index (κ3) is 3.04. The van der Waals surface area contributed by atoms with Gasteiger partial charge in [0.15, 0.2) is 6.61 Å². The molecule has 4 fully saturated rings. The van der Waals surface area contributed by atoms with Crippen molar-refractivity contribution < 1.29 is 19.4 Å². The van der Waals surface area contributed by atoms with Crippen molar-refractivity contribution in [2.24, 2.45) is 17.3 Å². The number of carbonyl (C=O) groups is 2. The fourth-order valence-electron chi connectivity index (χ4n) is 5.77. The second-order valence-corrected chi connectivity index (χ2v) is 9.64. The van der Waals surface area contributed by atoms with Gasteiger partial charge in [-0.25, -0.2) is 0 Å². The van der Waals surface area contributed by atoms with E-state index in [0.717, 1.165) is 37.0 Å². The molecule has 4 aliphatic rings. The summed E-state index contributed by atoms with van der Waals surface area (Å²) in [6, 6.07) is 3.68. The predicted octanol–water partition coefficient (Wildman–Crippen LogP) is 3.50. The molecule has 4 nitrogen and oxygen atoms in total. The first kappa shape index (κ1) is 16.3. The Bertz CT molecular complexity index is 663. The van der Waals surface area contributed by atoms with Crippen molar-refractivity contribution in [3.05, 3.63) is 21.9 Å². The summed E-state index contributed by atoms with van der Waals surface area (Å²) in [5, 5.41) is 10.7. The summed E-state index contributed by atoms with van der Waals surface area (Å²) in [5.41, 5.74) is -0.660. The van der Waals surface area contributed by atoms with E-state index in [-0.39, 0.29) is 23.8 Å². The van der Waals surface area contributed by atoms with Gasteiger partial charge >= 0.3 is 5.97 Å². The van der Waals surface area contributed by atoms with Gasteiger partial charge in [-0.05, 0) is 74.8 Å². The molecule has 4 saturated carbocycles. The van der Waals surface area contributed by atoms with Gasteiger partial charge in [0.2, 0.25) is 5.78 Å². The summed E-state index contributed by atoms with van der Waals surface area (Å²) in [5.74, 6) is 0.687. The van der Waals surface area contributed by atoms with Gasteiger partial charge in [-0.15, -0.1) is 11.3 Å². The Labute approximate surface area is 146 Å². The van der Waals surface area contributed by atoms with E-state index in [1.54, 1.807) is 6.07 Å². The third-order valence-electron chi connectivity index (χ3n) is 6.05. The lowest BCUT2D eigenvalue weighted by molar-refractivity contribution is -0.176. The molecule has 24 heavy (non-hydrogen) atoms. The molecule has 0 spiro atoms. The van der Waals surface area contributed by atoms with Gasteiger partial charge in [0, 0.05) is 4.88 Å². The van der Waals surface area contributed by atoms with Gasteiger partial charge in [-0.2, -0.15) is 0 Å². The van der Waals surface area contributed by atoms with Crippen molar-refractivity contribution >= 4 is 23.1 Å². The van der Waals surface area contributed by atoms with E-state index >= 15 is 0 Å². The number of hydrogen-bond donors (Lipinski definition) is 1. The number of rotatable bonds is 5. The number of Topliss-reactive ketones (excluding diaryl/α,β-unsaturated/α-hetero) is 1. The Morgan fingerprint density at radius 1 is 1.25 bits per heavy atom. The average Bonchev–Trinajstić information content (AvgIpc) is 2.88. The highest BCUT2D eigenvalue weighted by atomic mass is 32.1. The van der Waals surface area contributed by atoms with Crippen LogP contribution >= 0.6 is 11.3 Å². The normalized spacial score (nSPS) is 36.8. The van der Waals surface area contributed by atoms with Crippen LogP contribution in [0.5, 0.6) is 0 Å². The number of aliphatic hydroxyl groups is 1. The molecule has 1 heterocycles. The SMILES string of the molecule is Cc1ccc(C(=O)COC(=O)CC23C[C@H]4C[C@@H](CC(O)(C4)C2)C3)s1. The Balaban J connectivity index is 1.35. The molecule has 0 amide bonds. The van der Waals surface area contributed by atoms with Gasteiger partial charge in [-0.1, -0.05) is 0 Å². The van der Waals surface area contributed by atoms with Crippen LogP contribution in [0, 0.1) is 24.2 Å². The standard InChI is InChI=1S/C19H24O4S/c1-12-2-3-16(24-12)15(20)10-23-17(21)9-18-5-13-4-14(6-18)8-19(22,7-13)11-18/h2-3,13-14,22H,4-11H2,1H3/t13-,14-,18?,19?/m1/s1. The summed E-state index contributed by atoms with van der Waals surface area (Å²) >= 11 is 1.43. The van der Waals surface area contributed by atoms with Gasteiger partial charge < -0.3 is 9.84 Å². The zero-order valence-corrected chi connectivity index (χ0v) is 14.9. The van der Waals surface area contributed by atoms with Crippen molar-refractivity contribution in [1.82, 2.24) is 0 Å². The van der Waals surface area contributed by atoms with E-state index in [0.29, 0.717) is 23.1 Å². The van der Waals surface area contributed by atoms with Crippen molar-refractivity contribution in [1.29, 1.82) is 0 Å². The number of ketones is 1. The van der Waals surface area contributed by atoms with Gasteiger partial charge in [-0.3, -0.25) is 9.59 Å². The van der Waals surface area contributed by atoms with Crippen LogP contribution in [0.25, 0.3) is 0 Å². The van der Waals surface area contributed by atoms with Crippen LogP contribution in [0.4, 0.5) is 0 Å². The summed E-state index contributed by atoms with van der Waals surface area (Å²) in [4.78, 5) is 26.1. The maximum absolute atomic E-state index is 12.3. The number of aryl methyl sites for hydroxylation is 1. The minimum absolute atomic E-state index is 0.0987. The van der Waals surface area contributed by atoms with Gasteiger partial charge in [0.25, 0.3) is 0 Å². The van der Waals surface area contributed by atoms with E-state index in [1.165, 1.54) is 17.8 Å². The molecule has 130 valence electrons. The maximum atomic E-state index is 12.3. The van der Waals surface area contributed by atoms with E-state index in [4.69, 9.17) is 4.74 Å². The first-order valence-corrected chi connectivity index (χ1v) is 9.64. The minimum Gasteiger partial charge on any atom is -0.457 e. The zero-order valence-electron chi connectivity index (χ0n) is 14.0. The van der Waals surface area contributed by atoms with E-state index in [9.17, 15) is 14.7 Å². The quantitative estimate of drug-likeness (QED) is 0.653. The summed E-state index contributed by atoms with van der Waals surface area (Å²) in [7, 11) is 0. The number of carbonyl (C=O) groups excluding carboxylic acids is 2. The molecule has 4 aliphatic carbocycles. The van der Waals surface area contributed by atoms with Crippen LogP contribution in [0.2, 0.25) is 0 Å². The first-order valence-electron chi connectivity index (χ1n) is 8.83. The van der Waals surface area contributed by atoms with Crippen molar-refractivity contribution in [3.63, 3.8) is 0 Å². The largest absolute Gasteiger partial charge is 0.457 e. The second kappa shape index (κ2) is 5.67. The second-order valence-electron chi connectivity index (χ2n) is 8.36. The highest BCUT2D eigenvalue weighted by Gasteiger charge is 2.57. The highest BCUT2D eigenvalue weighted by Crippen LogP contribution is 2.62. The van der Waals surface area contributed by atoms with Crippen molar-refractivity contribution in [3.8, 4) is 0 Å². The van der Waals surface area contributed by atoms with Crippen LogP contribution in [-0.4, -0.2) is 29.1 Å². The van der Waals surface area contributed by atoms with Crippen LogP contribution in [0.1, 0.15) is 59.5 Å². The topological polar surface area (TPSA) is 63.6 Å². The van der Waals surface area contributed by atoms with Gasteiger partial charge in [0.05, 0.1) is 16.9 Å². The molecule has 1 N–H and O–H groups in total. The van der Waals surface area contributed by atoms with Crippen LogP contribution in [0.3, 0.4) is 0 Å². The number of ether oxygens (including phenoxy) is 1. The molecular formula is C19H24O4S. The van der Waals surface area contributed by atoms with E-state index < -0.39 is 5.60 Å². The number of esters is 1. The predicted molar refractivity (Wildman–Crippen MR) is 91.0 cm³/mol. The Kier molecular flexibility index (Phi) is 3.84. The highest BCUT2D eigenvalue weighted by molar-refractivity contribution is 7.14. The molecule has 5 heteroatoms. The molecule has 5 rings (SSSR count). The fourth-order valence-corrected chi connectivity index (χ4v) is 6.56. The minimum atomic E-state index is -0.561. The summed E-state index contributed by atoms with van der Waals surface area (Å²) < 4.78 is 5.28. The molecule has 1 aromatic heterocycles. The third-order valence-corrected chi connectivity index (χ3v) is 7.09. The fraction of sp³-hybridized carbons (Fsp3) is 0.684. The lowest BCUT2D eigenvalue weighted by Gasteiger charge is -2.60. The summed E-state index contributed by atoms with van der Waals surface area (Å²) in [6.07, 6.45) is 6.12. The van der Waals surface area contributed by atoms with Crippen LogP contribution in [-0.2, 0) is 9.53 Å². The maximum Gasteiger partial charge on any atom is 0.306 e. The molecule has 1 aromatic rings. The first-order chi connectivity index (χ1) is 11.3. The Hall–Kier alpha value is -1.20. The van der Waals surface area contributed by atoms with Crippen LogP contribution < -0.4 is 0 Å². The Morgan fingerprint density at radius 2 is 1.96 bits per heavy atom. The zero-order chi connectivity index (χ0) is 16.9. The summed E-state index contributed by atoms with van der Waals surface area (Å²) in [6.45, 7) is 1.78. The lowest BCUT2D eigenvalue weighted by atomic mass is 9.47. The Morgan fingerprint density at radius 3 is 2.54 bits per heavy atom. The van der Waals surface area contributed by atoms with E-state index in [1.807, 2.05) is 13.0 Å². The molecule has 0 saturated heterocycles. The van der Waals surface area contributed by atoms with Crippen molar-refractivity contribution in [2.45, 2.75) is 57.5 Å². The van der Waals surface area contributed by atoms with Gasteiger partial charge in [0.1, 0.15) is 0 Å². The molecule has 0 unspecified atom stereocenters. The molecule has 4 bridgehead atoms. The molecule has 0 aliphatic heterocycles. The van der Waals surface area contributed by atoms with E-state index in [2.05, 4.69) is 0 Å². The molecular weight excluding hydrogens is 324 g/mol. The smallest absolute Gasteiger partial charge is 0.306 e.